The standard InChI is InChI=1S/C19H15NO3/c1-14(23-13-15-7-3-2-4-8-15)11-12-20-18(21)16-9-5-6-10-17(16)19(20)22/h2-10,14H,13H2,1H3. The van der Waals surface area contributed by atoms with Crippen molar-refractivity contribution in [2.24, 2.45) is 0 Å². The monoisotopic (exact) mass is 305 g/mol. The predicted octanol–water partition coefficient (Wildman–Crippen LogP) is 2.85. The van der Waals surface area contributed by atoms with E-state index < -0.39 is 0 Å². The summed E-state index contributed by atoms with van der Waals surface area (Å²) in [5.74, 6) is 2.04. The lowest BCUT2D eigenvalue weighted by molar-refractivity contribution is 0.0730. The Morgan fingerprint density at radius 2 is 1.52 bits per heavy atom. The van der Waals surface area contributed by atoms with E-state index in [9.17, 15) is 9.59 Å². The van der Waals surface area contributed by atoms with Gasteiger partial charge in [-0.25, -0.2) is 0 Å². The molecule has 1 heterocycles. The molecule has 4 heteroatoms. The SMILES string of the molecule is CC(C#CN1C(=O)c2ccccc2C1=O)OCc1ccccc1. The van der Waals surface area contributed by atoms with Crippen molar-refractivity contribution in [2.45, 2.75) is 19.6 Å². The van der Waals surface area contributed by atoms with Crippen LogP contribution >= 0.6 is 0 Å². The molecule has 2 amide bonds. The van der Waals surface area contributed by atoms with Gasteiger partial charge in [-0.15, -0.1) is 0 Å². The van der Waals surface area contributed by atoms with Crippen LogP contribution in [-0.4, -0.2) is 22.8 Å². The average Bonchev–Trinajstić information content (AvgIpc) is 2.83. The molecule has 3 rings (SSSR count). The van der Waals surface area contributed by atoms with Gasteiger partial charge in [0.1, 0.15) is 6.10 Å². The summed E-state index contributed by atoms with van der Waals surface area (Å²) in [7, 11) is 0. The van der Waals surface area contributed by atoms with E-state index in [0.717, 1.165) is 10.5 Å². The Labute approximate surface area is 134 Å². The zero-order chi connectivity index (χ0) is 16.2. The van der Waals surface area contributed by atoms with E-state index in [0.29, 0.717) is 17.7 Å². The summed E-state index contributed by atoms with van der Waals surface area (Å²) >= 11 is 0. The summed E-state index contributed by atoms with van der Waals surface area (Å²) in [6.45, 7) is 2.22. The number of ether oxygens (including phenoxy) is 1. The summed E-state index contributed by atoms with van der Waals surface area (Å²) in [5.41, 5.74) is 1.83. The molecule has 0 aromatic heterocycles. The Balaban J connectivity index is 1.65. The van der Waals surface area contributed by atoms with Crippen LogP contribution in [0.1, 0.15) is 33.2 Å². The Morgan fingerprint density at radius 3 is 2.13 bits per heavy atom. The molecule has 0 aliphatic carbocycles. The van der Waals surface area contributed by atoms with Gasteiger partial charge < -0.3 is 4.74 Å². The average molecular weight is 305 g/mol. The number of nitrogens with zero attached hydrogens (tertiary/aromatic N) is 1. The Hall–Kier alpha value is -2.90. The molecule has 0 radical (unpaired) electrons. The number of rotatable bonds is 3. The molecule has 0 saturated heterocycles. The van der Waals surface area contributed by atoms with Crippen LogP contribution in [0.15, 0.2) is 54.6 Å². The first-order chi connectivity index (χ1) is 11.2. The molecule has 114 valence electrons. The second-order valence-corrected chi connectivity index (χ2v) is 5.19. The summed E-state index contributed by atoms with van der Waals surface area (Å²) in [4.78, 5) is 25.3. The van der Waals surface area contributed by atoms with Crippen molar-refractivity contribution in [2.75, 3.05) is 0 Å². The summed E-state index contributed by atoms with van der Waals surface area (Å²) < 4.78 is 5.61. The molecule has 2 aromatic carbocycles. The van der Waals surface area contributed by atoms with Crippen molar-refractivity contribution in [1.82, 2.24) is 4.90 Å². The highest BCUT2D eigenvalue weighted by Gasteiger charge is 2.34. The lowest BCUT2D eigenvalue weighted by atomic mass is 10.1. The van der Waals surface area contributed by atoms with Crippen molar-refractivity contribution in [1.29, 1.82) is 0 Å². The molecule has 0 saturated carbocycles. The number of carbonyl (C=O) groups is 2. The quantitative estimate of drug-likeness (QED) is 0.647. The van der Waals surface area contributed by atoms with Crippen molar-refractivity contribution in [3.05, 3.63) is 71.3 Å². The van der Waals surface area contributed by atoms with Crippen molar-refractivity contribution >= 4 is 11.8 Å². The highest BCUT2D eigenvalue weighted by atomic mass is 16.5. The van der Waals surface area contributed by atoms with E-state index in [-0.39, 0.29) is 17.9 Å². The number of fused-ring (bicyclic) bond motifs is 1. The maximum absolute atomic E-state index is 12.2. The number of amides is 2. The molecule has 4 nitrogen and oxygen atoms in total. The zero-order valence-corrected chi connectivity index (χ0v) is 12.7. The van der Waals surface area contributed by atoms with E-state index >= 15 is 0 Å². The molecule has 23 heavy (non-hydrogen) atoms. The molecule has 1 aliphatic rings. The van der Waals surface area contributed by atoms with Crippen LogP contribution in [0.25, 0.3) is 0 Å². The van der Waals surface area contributed by atoms with Gasteiger partial charge in [-0.2, -0.15) is 4.90 Å². The normalized spacial score (nSPS) is 14.2. The van der Waals surface area contributed by atoms with Crippen LogP contribution in [0.4, 0.5) is 0 Å². The van der Waals surface area contributed by atoms with Gasteiger partial charge in [-0.3, -0.25) is 9.59 Å². The van der Waals surface area contributed by atoms with E-state index in [4.69, 9.17) is 4.74 Å². The minimum absolute atomic E-state index is 0.381. The van der Waals surface area contributed by atoms with Gasteiger partial charge in [0.15, 0.2) is 0 Å². The third-order valence-electron chi connectivity index (χ3n) is 3.52. The highest BCUT2D eigenvalue weighted by molar-refractivity contribution is 6.22. The van der Waals surface area contributed by atoms with Crippen LogP contribution in [0, 0.1) is 12.0 Å². The fourth-order valence-electron chi connectivity index (χ4n) is 2.28. The number of carbonyl (C=O) groups excluding carboxylic acids is 2. The zero-order valence-electron chi connectivity index (χ0n) is 12.7. The van der Waals surface area contributed by atoms with Gasteiger partial charge in [-0.05, 0) is 30.5 Å². The van der Waals surface area contributed by atoms with E-state index in [2.05, 4.69) is 12.0 Å². The first-order valence-corrected chi connectivity index (χ1v) is 7.31. The predicted molar refractivity (Wildman–Crippen MR) is 85.4 cm³/mol. The van der Waals surface area contributed by atoms with E-state index in [1.165, 1.54) is 0 Å². The maximum atomic E-state index is 12.2. The summed E-state index contributed by atoms with van der Waals surface area (Å²) in [5, 5.41) is 0. The van der Waals surface area contributed by atoms with Gasteiger partial charge in [0.2, 0.25) is 0 Å². The van der Waals surface area contributed by atoms with Crippen LogP contribution in [0.3, 0.4) is 0 Å². The van der Waals surface area contributed by atoms with Crippen molar-refractivity contribution in [3.63, 3.8) is 0 Å². The van der Waals surface area contributed by atoms with Gasteiger partial charge >= 0.3 is 0 Å². The fourth-order valence-corrected chi connectivity index (χ4v) is 2.28. The molecule has 0 bridgehead atoms. The third kappa shape index (κ3) is 3.15. The Kier molecular flexibility index (Phi) is 4.22. The summed E-state index contributed by atoms with van der Waals surface area (Å²) in [6.07, 6.45) is -0.389. The molecule has 1 unspecified atom stereocenters. The van der Waals surface area contributed by atoms with Gasteiger partial charge in [0, 0.05) is 6.04 Å². The van der Waals surface area contributed by atoms with Crippen LogP contribution in [-0.2, 0) is 11.3 Å². The van der Waals surface area contributed by atoms with E-state index in [1.54, 1.807) is 31.2 Å². The van der Waals surface area contributed by atoms with Gasteiger partial charge in [0.05, 0.1) is 17.7 Å². The number of hydrogen-bond donors (Lipinski definition) is 0. The van der Waals surface area contributed by atoms with Crippen molar-refractivity contribution < 1.29 is 14.3 Å². The lowest BCUT2D eigenvalue weighted by Gasteiger charge is -2.08. The molecular formula is C19H15NO3. The lowest BCUT2D eigenvalue weighted by Crippen LogP contribution is -2.24. The highest BCUT2D eigenvalue weighted by Crippen LogP contribution is 2.21. The smallest absolute Gasteiger partial charge is 0.273 e. The third-order valence-corrected chi connectivity index (χ3v) is 3.52. The van der Waals surface area contributed by atoms with Crippen LogP contribution < -0.4 is 0 Å². The topological polar surface area (TPSA) is 46.6 Å². The molecule has 0 fully saturated rings. The number of imide groups is 1. The van der Waals surface area contributed by atoms with E-state index in [1.807, 2.05) is 30.3 Å². The minimum atomic E-state index is -0.389. The molecular weight excluding hydrogens is 290 g/mol. The van der Waals surface area contributed by atoms with Crippen LogP contribution in [0.2, 0.25) is 0 Å². The molecule has 2 aromatic rings. The number of hydrogen-bond acceptors (Lipinski definition) is 3. The summed E-state index contributed by atoms with van der Waals surface area (Å²) in [6, 6.07) is 19.1. The molecule has 1 atom stereocenters. The van der Waals surface area contributed by atoms with Gasteiger partial charge in [-0.1, -0.05) is 42.5 Å². The largest absolute Gasteiger partial charge is 0.361 e. The molecule has 0 N–H and O–H groups in total. The first-order valence-electron chi connectivity index (χ1n) is 7.31. The minimum Gasteiger partial charge on any atom is -0.361 e. The Morgan fingerprint density at radius 1 is 0.957 bits per heavy atom. The maximum Gasteiger partial charge on any atom is 0.273 e. The molecule has 0 spiro atoms. The second-order valence-electron chi connectivity index (χ2n) is 5.19. The van der Waals surface area contributed by atoms with Crippen LogP contribution in [0.5, 0.6) is 0 Å². The molecule has 1 aliphatic heterocycles. The number of benzene rings is 2. The second kappa shape index (κ2) is 6.47. The Bertz CT molecular complexity index is 767. The fraction of sp³-hybridized carbons (Fsp3) is 0.158. The first kappa shape index (κ1) is 15.0. The van der Waals surface area contributed by atoms with Crippen molar-refractivity contribution in [3.8, 4) is 12.0 Å². The van der Waals surface area contributed by atoms with Gasteiger partial charge in [0.25, 0.3) is 11.8 Å².